The Morgan fingerprint density at radius 1 is 1.04 bits per heavy atom. The summed E-state index contributed by atoms with van der Waals surface area (Å²) in [5.41, 5.74) is 9.99. The van der Waals surface area contributed by atoms with Gasteiger partial charge < -0.3 is 30.9 Å². The Balaban J connectivity index is 1.18. The Kier molecular flexibility index (Phi) is 11.2. The average Bonchev–Trinajstić information content (AvgIpc) is 3.25. The molecule has 1 atom stereocenters. The number of hydrogen-bond acceptors (Lipinski definition) is 8. The van der Waals surface area contributed by atoms with E-state index in [1.165, 1.54) is 0 Å². The highest BCUT2D eigenvalue weighted by atomic mass is 16.5. The summed E-state index contributed by atoms with van der Waals surface area (Å²) in [6.45, 7) is 7.12. The van der Waals surface area contributed by atoms with Gasteiger partial charge in [-0.2, -0.15) is 0 Å². The van der Waals surface area contributed by atoms with E-state index in [0.29, 0.717) is 48.0 Å². The number of nitrogens with zero attached hydrogens (tertiary/aromatic N) is 4. The quantitative estimate of drug-likeness (QED) is 0.247. The van der Waals surface area contributed by atoms with Crippen LogP contribution in [0.1, 0.15) is 67.4 Å². The molecule has 246 valence electrons. The van der Waals surface area contributed by atoms with Crippen LogP contribution < -0.4 is 21.3 Å². The highest BCUT2D eigenvalue weighted by Gasteiger charge is 2.24. The first kappa shape index (κ1) is 33.2. The highest BCUT2D eigenvalue weighted by Crippen LogP contribution is 2.29. The minimum Gasteiger partial charge on any atom is -0.445 e. The van der Waals surface area contributed by atoms with Crippen molar-refractivity contribution in [3.05, 3.63) is 89.1 Å². The maximum absolute atomic E-state index is 13.3. The number of benzene rings is 2. The molecule has 0 radical (unpaired) electrons. The normalized spacial score (nSPS) is 15.8. The highest BCUT2D eigenvalue weighted by molar-refractivity contribution is 6.07. The van der Waals surface area contributed by atoms with Crippen molar-refractivity contribution >= 4 is 47.0 Å². The smallest absolute Gasteiger partial charge is 0.407 e. The number of alkyl carbamates (subject to hydrolysis) is 1. The first-order valence-electron chi connectivity index (χ1n) is 16.3. The Morgan fingerprint density at radius 3 is 2.55 bits per heavy atom. The molecular weight excluding hydrogens is 594 g/mol. The van der Waals surface area contributed by atoms with Gasteiger partial charge in [0.15, 0.2) is 0 Å². The Morgan fingerprint density at radius 2 is 1.83 bits per heavy atom. The van der Waals surface area contributed by atoms with Gasteiger partial charge in [-0.3, -0.25) is 9.59 Å². The van der Waals surface area contributed by atoms with Crippen molar-refractivity contribution in [2.24, 2.45) is 10.7 Å². The van der Waals surface area contributed by atoms with Gasteiger partial charge in [0.25, 0.3) is 5.91 Å². The third-order valence-corrected chi connectivity index (χ3v) is 8.09. The molecule has 3 aromatic rings. The number of carbonyl (C=O) groups excluding carboxylic acids is 3. The number of aliphatic imine (C=N–C) groups is 1. The van der Waals surface area contributed by atoms with E-state index in [9.17, 15) is 14.4 Å². The molecule has 5 rings (SSSR count). The van der Waals surface area contributed by atoms with E-state index in [1.54, 1.807) is 24.4 Å². The second kappa shape index (κ2) is 15.9. The lowest BCUT2D eigenvalue weighted by Gasteiger charge is -2.33. The third kappa shape index (κ3) is 8.96. The average molecular weight is 638 g/mol. The molecule has 1 aromatic heterocycles. The number of amides is 3. The second-order valence-electron chi connectivity index (χ2n) is 11.9. The molecule has 0 aliphatic carbocycles. The summed E-state index contributed by atoms with van der Waals surface area (Å²) in [4.78, 5) is 51.9. The monoisotopic (exact) mass is 637 g/mol. The SMILES string of the molecule is CCCN(CCC)C(=O)C1=Cc2ccc(C(=O)Nc3ccc(N4CCCC(NC(=O)OCc5ccccc5)C4)nc3)cc2N=C(N)C1. The van der Waals surface area contributed by atoms with Gasteiger partial charge in [0.1, 0.15) is 18.3 Å². The van der Waals surface area contributed by atoms with Crippen molar-refractivity contribution in [3.63, 3.8) is 0 Å². The molecular formula is C36H43N7O4. The minimum atomic E-state index is -0.437. The van der Waals surface area contributed by atoms with Crippen LogP contribution in [0.3, 0.4) is 0 Å². The molecule has 2 aliphatic rings. The fourth-order valence-corrected chi connectivity index (χ4v) is 5.81. The number of nitrogens with one attached hydrogen (secondary N) is 2. The van der Waals surface area contributed by atoms with Crippen LogP contribution in [-0.2, 0) is 16.1 Å². The number of fused-ring (bicyclic) bond motifs is 1. The van der Waals surface area contributed by atoms with Gasteiger partial charge in [-0.1, -0.05) is 50.2 Å². The summed E-state index contributed by atoms with van der Waals surface area (Å²) in [6.07, 6.45) is 6.77. The number of carbonyl (C=O) groups is 3. The second-order valence-corrected chi connectivity index (χ2v) is 11.9. The van der Waals surface area contributed by atoms with E-state index in [4.69, 9.17) is 10.5 Å². The number of anilines is 2. The van der Waals surface area contributed by atoms with E-state index in [2.05, 4.69) is 39.4 Å². The maximum atomic E-state index is 13.3. The molecule has 3 amide bonds. The zero-order chi connectivity index (χ0) is 33.2. The molecule has 1 fully saturated rings. The molecule has 0 spiro atoms. The molecule has 11 nitrogen and oxygen atoms in total. The third-order valence-electron chi connectivity index (χ3n) is 8.09. The van der Waals surface area contributed by atoms with E-state index in [1.807, 2.05) is 53.4 Å². The van der Waals surface area contributed by atoms with Crippen LogP contribution in [-0.4, -0.2) is 65.8 Å². The molecule has 47 heavy (non-hydrogen) atoms. The van der Waals surface area contributed by atoms with Crippen molar-refractivity contribution in [2.75, 3.05) is 36.4 Å². The molecule has 1 saturated heterocycles. The van der Waals surface area contributed by atoms with Gasteiger partial charge in [-0.25, -0.2) is 14.8 Å². The number of hydrogen-bond donors (Lipinski definition) is 3. The van der Waals surface area contributed by atoms with E-state index < -0.39 is 6.09 Å². The van der Waals surface area contributed by atoms with Crippen LogP contribution in [0.15, 0.2) is 77.4 Å². The zero-order valence-corrected chi connectivity index (χ0v) is 27.1. The minimum absolute atomic E-state index is 0.0323. The van der Waals surface area contributed by atoms with Gasteiger partial charge >= 0.3 is 6.09 Å². The Labute approximate surface area is 275 Å². The molecule has 3 heterocycles. The Bertz CT molecular complexity index is 1620. The van der Waals surface area contributed by atoms with Gasteiger partial charge in [-0.15, -0.1) is 0 Å². The predicted octanol–water partition coefficient (Wildman–Crippen LogP) is 5.65. The van der Waals surface area contributed by atoms with Crippen molar-refractivity contribution in [1.82, 2.24) is 15.2 Å². The van der Waals surface area contributed by atoms with Gasteiger partial charge in [0.05, 0.1) is 17.6 Å². The van der Waals surface area contributed by atoms with Crippen LogP contribution in [0.5, 0.6) is 0 Å². The fraction of sp³-hybridized carbons (Fsp3) is 0.361. The molecule has 0 bridgehead atoms. The number of pyridine rings is 1. The van der Waals surface area contributed by atoms with Crippen LogP contribution in [0, 0.1) is 0 Å². The van der Waals surface area contributed by atoms with Crippen molar-refractivity contribution in [1.29, 1.82) is 0 Å². The summed E-state index contributed by atoms with van der Waals surface area (Å²) in [5.74, 6) is 0.743. The molecule has 2 aromatic carbocycles. The predicted molar refractivity (Wildman–Crippen MR) is 185 cm³/mol. The zero-order valence-electron chi connectivity index (χ0n) is 27.1. The molecule has 11 heteroatoms. The van der Waals surface area contributed by atoms with Crippen LogP contribution in [0.25, 0.3) is 6.08 Å². The van der Waals surface area contributed by atoms with Crippen LogP contribution in [0.2, 0.25) is 0 Å². The van der Waals surface area contributed by atoms with Crippen LogP contribution >= 0.6 is 0 Å². The number of nitrogens with two attached hydrogens (primary N) is 1. The number of ether oxygens (including phenoxy) is 1. The van der Waals surface area contributed by atoms with Gasteiger partial charge in [0, 0.05) is 55.3 Å². The summed E-state index contributed by atoms with van der Waals surface area (Å²) in [6, 6.07) is 18.4. The standard InChI is InChI=1S/C36H43N7O4/c1-3-16-42(17-4-2)35(45)28-19-26-12-13-27(20-31(26)41-32(37)21-28)34(44)39-29-14-15-33(38-22-29)43-18-8-11-30(23-43)40-36(46)47-24-25-9-6-5-7-10-25/h5-7,9-10,12-15,19-20,22,30H,3-4,8,11,16-18,21,23-24H2,1-2H3,(H2,37,41)(H,39,44)(H,40,46). The Hall–Kier alpha value is -5.19. The fourth-order valence-electron chi connectivity index (χ4n) is 5.81. The van der Waals surface area contributed by atoms with Gasteiger partial charge in [-0.05, 0) is 61.6 Å². The number of aromatic nitrogens is 1. The van der Waals surface area contributed by atoms with E-state index in [-0.39, 0.29) is 30.9 Å². The first-order valence-corrected chi connectivity index (χ1v) is 16.3. The molecule has 4 N–H and O–H groups in total. The topological polar surface area (TPSA) is 142 Å². The lowest BCUT2D eigenvalue weighted by Crippen LogP contribution is -2.48. The lowest BCUT2D eigenvalue weighted by molar-refractivity contribution is -0.127. The number of piperidine rings is 1. The summed E-state index contributed by atoms with van der Waals surface area (Å²) in [7, 11) is 0. The van der Waals surface area contributed by atoms with E-state index in [0.717, 1.165) is 49.2 Å². The molecule has 1 unspecified atom stereocenters. The number of rotatable bonds is 11. The van der Waals surface area contributed by atoms with Crippen molar-refractivity contribution in [3.8, 4) is 0 Å². The summed E-state index contributed by atoms with van der Waals surface area (Å²) in [5, 5.41) is 5.87. The van der Waals surface area contributed by atoms with Crippen molar-refractivity contribution in [2.45, 2.75) is 58.6 Å². The number of amidine groups is 1. The summed E-state index contributed by atoms with van der Waals surface area (Å²) >= 11 is 0. The van der Waals surface area contributed by atoms with Crippen molar-refractivity contribution < 1.29 is 19.1 Å². The molecule has 2 aliphatic heterocycles. The van der Waals surface area contributed by atoms with E-state index >= 15 is 0 Å². The van der Waals surface area contributed by atoms with Crippen LogP contribution in [0.4, 0.5) is 22.0 Å². The van der Waals surface area contributed by atoms with Gasteiger partial charge in [0.2, 0.25) is 5.91 Å². The molecule has 0 saturated carbocycles. The summed E-state index contributed by atoms with van der Waals surface area (Å²) < 4.78 is 5.39. The first-order chi connectivity index (χ1) is 22.8. The largest absolute Gasteiger partial charge is 0.445 e. The maximum Gasteiger partial charge on any atom is 0.407 e. The lowest BCUT2D eigenvalue weighted by atomic mass is 10.0.